The van der Waals surface area contributed by atoms with Crippen LogP contribution in [0.15, 0.2) is 6.07 Å². The summed E-state index contributed by atoms with van der Waals surface area (Å²) in [5.74, 6) is 1.18. The van der Waals surface area contributed by atoms with Crippen LogP contribution in [0, 0.1) is 6.92 Å². The summed E-state index contributed by atoms with van der Waals surface area (Å²) in [5, 5.41) is 12.9. The summed E-state index contributed by atoms with van der Waals surface area (Å²) in [6.45, 7) is 4.32. The van der Waals surface area contributed by atoms with Crippen molar-refractivity contribution < 1.29 is 8.42 Å². The van der Waals surface area contributed by atoms with E-state index in [1.54, 1.807) is 27.1 Å². The molecular weight excluding hydrogens is 374 g/mol. The van der Waals surface area contributed by atoms with Crippen molar-refractivity contribution in [3.63, 3.8) is 0 Å². The second-order valence-corrected chi connectivity index (χ2v) is 9.42. The Morgan fingerprint density at radius 2 is 2.12 bits per heavy atom. The highest BCUT2D eigenvalue weighted by atomic mass is 32.2. The number of rotatable bonds is 6. The average molecular weight is 398 g/mol. The van der Waals surface area contributed by atoms with Crippen LogP contribution in [0.1, 0.15) is 42.3 Å². The average Bonchev–Trinajstić information content (AvgIpc) is 3.23. The van der Waals surface area contributed by atoms with E-state index in [1.807, 2.05) is 6.92 Å². The van der Waals surface area contributed by atoms with Crippen molar-refractivity contribution >= 4 is 32.5 Å². The Balaban J connectivity index is 1.89. The van der Waals surface area contributed by atoms with Gasteiger partial charge in [0, 0.05) is 26.7 Å². The van der Waals surface area contributed by atoms with E-state index in [0.717, 1.165) is 24.3 Å². The van der Waals surface area contributed by atoms with Crippen LogP contribution >= 0.6 is 11.3 Å². The first-order chi connectivity index (χ1) is 12.3. The van der Waals surface area contributed by atoms with Crippen LogP contribution < -0.4 is 5.32 Å². The molecule has 1 aliphatic rings. The lowest BCUT2D eigenvalue weighted by atomic mass is 10.1. The zero-order chi connectivity index (χ0) is 18.9. The summed E-state index contributed by atoms with van der Waals surface area (Å²) in [4.78, 5) is 8.89. The van der Waals surface area contributed by atoms with Gasteiger partial charge in [-0.1, -0.05) is 18.3 Å². The maximum Gasteiger partial charge on any atom is 0.282 e. The normalized spacial score (nSPS) is 18.6. The van der Waals surface area contributed by atoms with Gasteiger partial charge in [0.1, 0.15) is 16.6 Å². The minimum Gasteiger partial charge on any atom is -0.315 e. The highest BCUT2D eigenvalue weighted by Crippen LogP contribution is 2.35. The largest absolute Gasteiger partial charge is 0.315 e. The van der Waals surface area contributed by atoms with Crippen LogP contribution in [0.4, 0.5) is 10.9 Å². The molecule has 0 spiro atoms. The lowest BCUT2D eigenvalue weighted by molar-refractivity contribution is 0.357. The van der Waals surface area contributed by atoms with Crippen LogP contribution in [0.25, 0.3) is 0 Å². The van der Waals surface area contributed by atoms with E-state index in [9.17, 15) is 8.42 Å². The summed E-state index contributed by atoms with van der Waals surface area (Å²) in [7, 11) is -0.402. The molecule has 0 saturated carbocycles. The van der Waals surface area contributed by atoms with Crippen molar-refractivity contribution in [3.05, 3.63) is 22.6 Å². The minimum absolute atomic E-state index is 0.287. The Bertz CT molecular complexity index is 882. The molecule has 11 heteroatoms. The van der Waals surface area contributed by atoms with Crippen LogP contribution in [0.2, 0.25) is 0 Å². The fourth-order valence-electron chi connectivity index (χ4n) is 2.90. The SMILES string of the molecule is CCc1nnc(Nc2cc([C@@H]3CCCN3S(=O)(=O)N(C)C)nc(C)n2)s1. The number of anilines is 2. The van der Waals surface area contributed by atoms with E-state index in [1.165, 1.54) is 19.9 Å². The van der Waals surface area contributed by atoms with Gasteiger partial charge in [-0.05, 0) is 26.2 Å². The molecule has 9 nitrogen and oxygen atoms in total. The van der Waals surface area contributed by atoms with Crippen LogP contribution in [0.3, 0.4) is 0 Å². The molecule has 1 aliphatic heterocycles. The number of aryl methyl sites for hydroxylation is 2. The molecule has 0 aliphatic carbocycles. The number of aromatic nitrogens is 4. The molecule has 1 atom stereocenters. The monoisotopic (exact) mass is 397 g/mol. The van der Waals surface area contributed by atoms with Gasteiger partial charge >= 0.3 is 0 Å². The molecule has 3 rings (SSSR count). The first kappa shape index (κ1) is 19.1. The molecule has 0 bridgehead atoms. The molecule has 0 unspecified atom stereocenters. The van der Waals surface area contributed by atoms with Gasteiger partial charge in [-0.15, -0.1) is 10.2 Å². The fourth-order valence-corrected chi connectivity index (χ4v) is 4.90. The third-order valence-corrected chi connectivity index (χ3v) is 7.10. The van der Waals surface area contributed by atoms with Gasteiger partial charge in [0.15, 0.2) is 0 Å². The summed E-state index contributed by atoms with van der Waals surface area (Å²) < 4.78 is 27.9. The van der Waals surface area contributed by atoms with E-state index >= 15 is 0 Å². The smallest absolute Gasteiger partial charge is 0.282 e. The van der Waals surface area contributed by atoms with Gasteiger partial charge in [-0.3, -0.25) is 0 Å². The van der Waals surface area contributed by atoms with Crippen LogP contribution in [-0.4, -0.2) is 57.8 Å². The first-order valence-electron chi connectivity index (χ1n) is 8.45. The first-order valence-corrected chi connectivity index (χ1v) is 10.7. The van der Waals surface area contributed by atoms with E-state index in [2.05, 4.69) is 25.5 Å². The zero-order valence-corrected chi connectivity index (χ0v) is 16.9. The Labute approximate surface area is 157 Å². The van der Waals surface area contributed by atoms with Crippen molar-refractivity contribution in [2.45, 2.75) is 39.2 Å². The maximum atomic E-state index is 12.6. The predicted octanol–water partition coefficient (Wildman–Crippen LogP) is 1.89. The molecule has 0 radical (unpaired) electrons. The third kappa shape index (κ3) is 3.85. The third-order valence-electron chi connectivity index (χ3n) is 4.16. The summed E-state index contributed by atoms with van der Waals surface area (Å²) in [6, 6.07) is 1.51. The van der Waals surface area contributed by atoms with Crippen molar-refractivity contribution in [2.75, 3.05) is 26.0 Å². The second kappa shape index (κ2) is 7.51. The maximum absolute atomic E-state index is 12.6. The molecule has 0 amide bonds. The lowest BCUT2D eigenvalue weighted by Gasteiger charge is -2.26. The van der Waals surface area contributed by atoms with Gasteiger partial charge < -0.3 is 5.32 Å². The minimum atomic E-state index is -3.49. The van der Waals surface area contributed by atoms with Crippen LogP contribution in [-0.2, 0) is 16.6 Å². The Morgan fingerprint density at radius 3 is 2.77 bits per heavy atom. The van der Waals surface area contributed by atoms with E-state index < -0.39 is 10.2 Å². The standard InChI is InChI=1S/C15H23N7O2S2/c1-5-14-19-20-15(25-14)18-13-9-11(16-10(2)17-13)12-7-6-8-22(12)26(23,24)21(3)4/h9,12H,5-8H2,1-4H3,(H,16,17,18,20)/t12-/m0/s1. The predicted molar refractivity (Wildman–Crippen MR) is 101 cm³/mol. The van der Waals surface area contributed by atoms with E-state index in [0.29, 0.717) is 29.0 Å². The summed E-state index contributed by atoms with van der Waals surface area (Å²) in [6.07, 6.45) is 2.37. The second-order valence-electron chi connectivity index (χ2n) is 6.26. The molecule has 1 fully saturated rings. The van der Waals surface area contributed by atoms with Gasteiger partial charge in [0.25, 0.3) is 10.2 Å². The molecule has 0 aromatic carbocycles. The Hall–Kier alpha value is -1.69. The highest BCUT2D eigenvalue weighted by Gasteiger charge is 2.37. The van der Waals surface area contributed by atoms with Crippen molar-refractivity contribution in [1.82, 2.24) is 28.8 Å². The molecule has 1 N–H and O–H groups in total. The lowest BCUT2D eigenvalue weighted by Crippen LogP contribution is -2.39. The van der Waals surface area contributed by atoms with Gasteiger partial charge in [-0.25, -0.2) is 9.97 Å². The van der Waals surface area contributed by atoms with Crippen molar-refractivity contribution in [2.24, 2.45) is 0 Å². The van der Waals surface area contributed by atoms with E-state index in [4.69, 9.17) is 0 Å². The fraction of sp³-hybridized carbons (Fsp3) is 0.600. The van der Waals surface area contributed by atoms with Gasteiger partial charge in [0.2, 0.25) is 5.13 Å². The topological polar surface area (TPSA) is 104 Å². The molecule has 2 aromatic rings. The molecule has 142 valence electrons. The number of hydrogen-bond donors (Lipinski definition) is 1. The van der Waals surface area contributed by atoms with Crippen LogP contribution in [0.5, 0.6) is 0 Å². The van der Waals surface area contributed by atoms with E-state index in [-0.39, 0.29) is 6.04 Å². The van der Waals surface area contributed by atoms with Gasteiger partial charge in [-0.2, -0.15) is 17.0 Å². The Kier molecular flexibility index (Phi) is 5.51. The number of nitrogens with one attached hydrogen (secondary N) is 1. The van der Waals surface area contributed by atoms with Crippen molar-refractivity contribution in [3.8, 4) is 0 Å². The molecule has 3 heterocycles. The number of nitrogens with zero attached hydrogens (tertiary/aromatic N) is 6. The summed E-state index contributed by atoms with van der Waals surface area (Å²) in [5.41, 5.74) is 0.697. The Morgan fingerprint density at radius 1 is 1.35 bits per heavy atom. The molecular formula is C15H23N7O2S2. The molecule has 1 saturated heterocycles. The van der Waals surface area contributed by atoms with Crippen molar-refractivity contribution in [1.29, 1.82) is 0 Å². The highest BCUT2D eigenvalue weighted by molar-refractivity contribution is 7.86. The molecule has 2 aromatic heterocycles. The summed E-state index contributed by atoms with van der Waals surface area (Å²) >= 11 is 1.47. The van der Waals surface area contributed by atoms with Gasteiger partial charge in [0.05, 0.1) is 11.7 Å². The quantitative estimate of drug-likeness (QED) is 0.793. The zero-order valence-electron chi connectivity index (χ0n) is 15.3. The number of hydrogen-bond acceptors (Lipinski definition) is 8. The molecule has 26 heavy (non-hydrogen) atoms.